The predicted octanol–water partition coefficient (Wildman–Crippen LogP) is 3.45. The van der Waals surface area contributed by atoms with Crippen molar-refractivity contribution < 1.29 is 34.2 Å². The Hall–Kier alpha value is -3.31. The van der Waals surface area contributed by atoms with Crippen molar-refractivity contribution >= 4 is 29.5 Å². The number of aliphatic carboxylic acids is 1. The third kappa shape index (κ3) is 6.84. The molecule has 2 N–H and O–H groups in total. The van der Waals surface area contributed by atoms with E-state index in [4.69, 9.17) is 14.6 Å². The fourth-order valence-corrected chi connectivity index (χ4v) is 4.93. The first kappa shape index (κ1) is 25.3. The standard InChI is InChI=1S/C23H26N2O8S/c1-32-18-8-4-16(5-9-18)14-34-19-10-20(21(26)11-22(27)28)24(12-19)23(29)33-13-15-2-6-17(7-3-15)25(30)31/h2-9,19-21,26H,10-14H2,1H3,(H,27,28)/t19-,20-,21?/m0/s1. The van der Waals surface area contributed by atoms with Gasteiger partial charge in [0.15, 0.2) is 0 Å². The molecule has 1 amide bonds. The van der Waals surface area contributed by atoms with Crippen molar-refractivity contribution in [1.29, 1.82) is 0 Å². The second-order valence-electron chi connectivity index (χ2n) is 7.88. The number of ether oxygens (including phenoxy) is 2. The van der Waals surface area contributed by atoms with Gasteiger partial charge in [0.25, 0.3) is 5.69 Å². The van der Waals surface area contributed by atoms with E-state index in [1.165, 1.54) is 29.2 Å². The summed E-state index contributed by atoms with van der Waals surface area (Å²) in [5, 5.41) is 30.3. The molecular formula is C23H26N2O8S. The van der Waals surface area contributed by atoms with Crippen LogP contribution in [0.5, 0.6) is 5.75 Å². The number of benzene rings is 2. The van der Waals surface area contributed by atoms with Crippen molar-refractivity contribution in [3.8, 4) is 5.75 Å². The first-order valence-corrected chi connectivity index (χ1v) is 11.6. The molecule has 1 aliphatic heterocycles. The molecular weight excluding hydrogens is 464 g/mol. The van der Waals surface area contributed by atoms with Gasteiger partial charge in [0.1, 0.15) is 12.4 Å². The minimum Gasteiger partial charge on any atom is -0.497 e. The summed E-state index contributed by atoms with van der Waals surface area (Å²) in [6.07, 6.45) is -1.94. The monoisotopic (exact) mass is 490 g/mol. The van der Waals surface area contributed by atoms with Crippen LogP contribution in [-0.2, 0) is 21.9 Å². The van der Waals surface area contributed by atoms with E-state index in [9.17, 15) is 24.8 Å². The van der Waals surface area contributed by atoms with Crippen molar-refractivity contribution in [2.45, 2.75) is 42.6 Å². The maximum Gasteiger partial charge on any atom is 0.410 e. The predicted molar refractivity (Wildman–Crippen MR) is 125 cm³/mol. The highest BCUT2D eigenvalue weighted by atomic mass is 32.2. The Bertz CT molecular complexity index is 999. The van der Waals surface area contributed by atoms with Crippen molar-refractivity contribution in [2.24, 2.45) is 0 Å². The number of aliphatic hydroxyl groups excluding tert-OH is 1. The van der Waals surface area contributed by atoms with Gasteiger partial charge in [-0.15, -0.1) is 0 Å². The van der Waals surface area contributed by atoms with Crippen LogP contribution in [0.2, 0.25) is 0 Å². The van der Waals surface area contributed by atoms with Crippen LogP contribution in [-0.4, -0.2) is 63.1 Å². The number of aliphatic hydroxyl groups is 1. The lowest BCUT2D eigenvalue weighted by atomic mass is 10.1. The number of non-ortho nitro benzene ring substituents is 1. The van der Waals surface area contributed by atoms with Crippen LogP contribution in [0.3, 0.4) is 0 Å². The van der Waals surface area contributed by atoms with Crippen molar-refractivity contribution in [2.75, 3.05) is 13.7 Å². The van der Waals surface area contributed by atoms with Gasteiger partial charge in [-0.2, -0.15) is 11.8 Å². The highest BCUT2D eigenvalue weighted by Crippen LogP contribution is 2.33. The molecule has 0 aromatic heterocycles. The molecule has 1 unspecified atom stereocenters. The van der Waals surface area contributed by atoms with Gasteiger partial charge < -0.3 is 24.6 Å². The first-order chi connectivity index (χ1) is 16.3. The number of nitro groups is 1. The molecule has 0 radical (unpaired) electrons. The quantitative estimate of drug-likeness (QED) is 0.378. The van der Waals surface area contributed by atoms with Crippen molar-refractivity contribution in [3.63, 3.8) is 0 Å². The summed E-state index contributed by atoms with van der Waals surface area (Å²) in [4.78, 5) is 35.6. The van der Waals surface area contributed by atoms with E-state index >= 15 is 0 Å². The maximum absolute atomic E-state index is 12.8. The van der Waals surface area contributed by atoms with Gasteiger partial charge in [-0.3, -0.25) is 14.9 Å². The van der Waals surface area contributed by atoms with Crippen molar-refractivity contribution in [1.82, 2.24) is 4.90 Å². The molecule has 1 fully saturated rings. The molecule has 2 aromatic rings. The Morgan fingerprint density at radius 1 is 1.18 bits per heavy atom. The maximum atomic E-state index is 12.8. The Morgan fingerprint density at radius 2 is 1.82 bits per heavy atom. The molecule has 3 atom stereocenters. The number of amides is 1. The first-order valence-electron chi connectivity index (χ1n) is 10.6. The second-order valence-corrected chi connectivity index (χ2v) is 9.17. The highest BCUT2D eigenvalue weighted by Gasteiger charge is 2.41. The SMILES string of the molecule is COc1ccc(CS[C@H]2C[C@@H](C(O)CC(=O)O)N(C(=O)OCc3ccc([N+](=O)[O-])cc3)C2)cc1. The normalized spacial score (nSPS) is 18.4. The molecule has 0 spiro atoms. The Labute approximate surface area is 200 Å². The molecule has 1 heterocycles. The van der Waals surface area contributed by atoms with Crippen LogP contribution in [0.1, 0.15) is 24.0 Å². The zero-order valence-corrected chi connectivity index (χ0v) is 19.3. The number of nitro benzene ring substituents is 1. The number of nitrogens with zero attached hydrogens (tertiary/aromatic N) is 2. The summed E-state index contributed by atoms with van der Waals surface area (Å²) in [5.41, 5.74) is 1.59. The Morgan fingerprint density at radius 3 is 2.41 bits per heavy atom. The van der Waals surface area contributed by atoms with E-state index < -0.39 is 35.6 Å². The summed E-state index contributed by atoms with van der Waals surface area (Å²) in [6.45, 7) is 0.208. The molecule has 182 valence electrons. The molecule has 3 rings (SSSR count). The molecule has 10 nitrogen and oxygen atoms in total. The van der Waals surface area contributed by atoms with Crippen LogP contribution in [0.15, 0.2) is 48.5 Å². The zero-order valence-electron chi connectivity index (χ0n) is 18.5. The number of carboxylic acid groups (broad SMARTS) is 1. The number of thioether (sulfide) groups is 1. The number of rotatable bonds is 10. The zero-order chi connectivity index (χ0) is 24.7. The minimum atomic E-state index is -1.23. The lowest BCUT2D eigenvalue weighted by molar-refractivity contribution is -0.384. The summed E-state index contributed by atoms with van der Waals surface area (Å²) < 4.78 is 10.5. The van der Waals surface area contributed by atoms with E-state index in [-0.39, 0.29) is 17.5 Å². The van der Waals surface area contributed by atoms with Crippen LogP contribution in [0.4, 0.5) is 10.5 Å². The molecule has 1 aliphatic rings. The number of methoxy groups -OCH3 is 1. The van der Waals surface area contributed by atoms with E-state index in [0.29, 0.717) is 24.3 Å². The topological polar surface area (TPSA) is 139 Å². The molecule has 11 heteroatoms. The Kier molecular flexibility index (Phi) is 8.72. The Balaban J connectivity index is 1.62. The number of hydrogen-bond acceptors (Lipinski definition) is 8. The third-order valence-corrected chi connectivity index (χ3v) is 6.83. The fourth-order valence-electron chi connectivity index (χ4n) is 3.71. The third-order valence-electron chi connectivity index (χ3n) is 5.52. The highest BCUT2D eigenvalue weighted by molar-refractivity contribution is 7.99. The van der Waals surface area contributed by atoms with E-state index in [1.807, 2.05) is 24.3 Å². The van der Waals surface area contributed by atoms with Crippen LogP contribution in [0, 0.1) is 10.1 Å². The van der Waals surface area contributed by atoms with Crippen LogP contribution in [0.25, 0.3) is 0 Å². The molecule has 0 aliphatic carbocycles. The van der Waals surface area contributed by atoms with Crippen LogP contribution >= 0.6 is 11.8 Å². The van der Waals surface area contributed by atoms with Gasteiger partial charge in [0.05, 0.1) is 30.6 Å². The fraction of sp³-hybridized carbons (Fsp3) is 0.391. The summed E-state index contributed by atoms with van der Waals surface area (Å²) in [6, 6.07) is 12.6. The molecule has 0 saturated carbocycles. The molecule has 1 saturated heterocycles. The minimum absolute atomic E-state index is 0.0116. The second kappa shape index (κ2) is 11.7. The van der Waals surface area contributed by atoms with E-state index in [1.54, 1.807) is 18.9 Å². The summed E-state index contributed by atoms with van der Waals surface area (Å²) in [5.74, 6) is 0.289. The smallest absolute Gasteiger partial charge is 0.410 e. The lowest BCUT2D eigenvalue weighted by Crippen LogP contribution is -2.43. The van der Waals surface area contributed by atoms with Gasteiger partial charge in [0, 0.05) is 29.7 Å². The number of carbonyl (C=O) groups is 2. The molecule has 34 heavy (non-hydrogen) atoms. The van der Waals surface area contributed by atoms with Gasteiger partial charge in [-0.1, -0.05) is 12.1 Å². The van der Waals surface area contributed by atoms with Crippen molar-refractivity contribution in [3.05, 3.63) is 69.8 Å². The van der Waals surface area contributed by atoms with Gasteiger partial charge in [0.2, 0.25) is 0 Å². The number of carbonyl (C=O) groups excluding carboxylic acids is 1. The number of carboxylic acids is 1. The summed E-state index contributed by atoms with van der Waals surface area (Å²) in [7, 11) is 1.60. The number of likely N-dealkylation sites (tertiary alicyclic amines) is 1. The van der Waals surface area contributed by atoms with Gasteiger partial charge in [-0.25, -0.2) is 4.79 Å². The largest absolute Gasteiger partial charge is 0.497 e. The summed E-state index contributed by atoms with van der Waals surface area (Å²) >= 11 is 1.62. The van der Waals surface area contributed by atoms with Gasteiger partial charge >= 0.3 is 12.1 Å². The molecule has 2 aromatic carbocycles. The number of hydrogen-bond donors (Lipinski definition) is 2. The van der Waals surface area contributed by atoms with E-state index in [2.05, 4.69) is 0 Å². The van der Waals surface area contributed by atoms with Gasteiger partial charge in [-0.05, 0) is 41.8 Å². The molecule has 0 bridgehead atoms. The van der Waals surface area contributed by atoms with Crippen LogP contribution < -0.4 is 4.74 Å². The average molecular weight is 491 g/mol. The van der Waals surface area contributed by atoms with E-state index in [0.717, 1.165) is 11.3 Å². The average Bonchev–Trinajstić information content (AvgIpc) is 3.26. The lowest BCUT2D eigenvalue weighted by Gasteiger charge is -2.27.